The minimum Gasteiger partial charge on any atom is -0.453 e. The Kier molecular flexibility index (Phi) is 3.79. The van der Waals surface area contributed by atoms with E-state index in [1.54, 1.807) is 16.7 Å². The molecule has 116 valence electrons. The molecular weight excluding hydrogens is 328 g/mol. The Labute approximate surface area is 142 Å². The van der Waals surface area contributed by atoms with E-state index in [9.17, 15) is 4.79 Å². The molecule has 6 heteroatoms. The minimum absolute atomic E-state index is 0.0382. The first kappa shape index (κ1) is 14.7. The van der Waals surface area contributed by atoms with Crippen molar-refractivity contribution in [1.82, 2.24) is 4.90 Å². The highest BCUT2D eigenvalue weighted by Crippen LogP contribution is 2.34. The smallest absolute Gasteiger partial charge is 0.286 e. The Morgan fingerprint density at radius 3 is 2.96 bits per heavy atom. The zero-order valence-electron chi connectivity index (χ0n) is 12.3. The molecule has 0 aliphatic carbocycles. The topological polar surface area (TPSA) is 45.8 Å². The van der Waals surface area contributed by atoms with Crippen LogP contribution in [0.2, 0.25) is 0 Å². The van der Waals surface area contributed by atoms with Crippen molar-refractivity contribution in [3.63, 3.8) is 0 Å². The molecule has 3 heterocycles. The summed E-state index contributed by atoms with van der Waals surface area (Å²) < 4.78 is 5.84. The van der Waals surface area contributed by atoms with Crippen molar-refractivity contribution in [2.75, 3.05) is 5.75 Å². The number of rotatable bonds is 3. The van der Waals surface area contributed by atoms with Gasteiger partial charge in [-0.05, 0) is 35.5 Å². The van der Waals surface area contributed by atoms with Crippen molar-refractivity contribution in [3.8, 4) is 0 Å². The lowest BCUT2D eigenvalue weighted by Gasteiger charge is -2.13. The van der Waals surface area contributed by atoms with Crippen molar-refractivity contribution in [2.24, 2.45) is 4.99 Å². The van der Waals surface area contributed by atoms with E-state index in [0.717, 1.165) is 33.7 Å². The molecule has 1 fully saturated rings. The minimum atomic E-state index is 0.0382. The van der Waals surface area contributed by atoms with Crippen molar-refractivity contribution in [3.05, 3.63) is 60.0 Å². The summed E-state index contributed by atoms with van der Waals surface area (Å²) in [5, 5.41) is 1.87. The van der Waals surface area contributed by atoms with E-state index in [4.69, 9.17) is 4.42 Å². The maximum absolute atomic E-state index is 11.8. The van der Waals surface area contributed by atoms with Gasteiger partial charge >= 0.3 is 0 Å². The number of hydrogen-bond donors (Lipinski definition) is 0. The van der Waals surface area contributed by atoms with E-state index in [2.05, 4.69) is 17.6 Å². The SMILES string of the molecule is C=C1CSC(=O)N1Cc1ccc(SC2=Nc3ccccc3C2)o1. The van der Waals surface area contributed by atoms with E-state index < -0.39 is 0 Å². The van der Waals surface area contributed by atoms with Crippen molar-refractivity contribution in [1.29, 1.82) is 0 Å². The summed E-state index contributed by atoms with van der Waals surface area (Å²) in [6.45, 7) is 4.36. The fourth-order valence-corrected chi connectivity index (χ4v) is 4.23. The molecule has 2 aliphatic heterocycles. The van der Waals surface area contributed by atoms with Crippen LogP contribution in [0.5, 0.6) is 0 Å². The van der Waals surface area contributed by atoms with Crippen LogP contribution in [0, 0.1) is 0 Å². The van der Waals surface area contributed by atoms with Gasteiger partial charge in [-0.1, -0.05) is 36.5 Å². The fraction of sp³-hybridized carbons (Fsp3) is 0.176. The zero-order chi connectivity index (χ0) is 15.8. The standard InChI is InChI=1S/C17H14N2O2S2/c1-11-10-22-17(20)19(11)9-13-6-7-16(21-13)23-15-8-12-4-2-3-5-14(12)18-15/h2-7H,1,8-10H2. The molecule has 2 aromatic rings. The van der Waals surface area contributed by atoms with Crippen LogP contribution in [0.4, 0.5) is 10.5 Å². The second-order valence-corrected chi connectivity index (χ2v) is 7.35. The maximum atomic E-state index is 11.8. The number of benzene rings is 1. The Morgan fingerprint density at radius 2 is 2.17 bits per heavy atom. The van der Waals surface area contributed by atoms with Gasteiger partial charge in [0.05, 0.1) is 17.3 Å². The molecule has 0 bridgehead atoms. The lowest BCUT2D eigenvalue weighted by atomic mass is 10.2. The first-order valence-electron chi connectivity index (χ1n) is 7.23. The van der Waals surface area contributed by atoms with E-state index >= 15 is 0 Å². The molecule has 0 spiro atoms. The molecule has 1 amide bonds. The van der Waals surface area contributed by atoms with E-state index in [1.807, 2.05) is 30.3 Å². The summed E-state index contributed by atoms with van der Waals surface area (Å²) >= 11 is 2.82. The van der Waals surface area contributed by atoms with Crippen LogP contribution < -0.4 is 0 Å². The van der Waals surface area contributed by atoms with Gasteiger partial charge in [0.1, 0.15) is 5.76 Å². The largest absolute Gasteiger partial charge is 0.453 e. The first-order valence-corrected chi connectivity index (χ1v) is 9.03. The summed E-state index contributed by atoms with van der Waals surface area (Å²) in [5.74, 6) is 1.43. The van der Waals surface area contributed by atoms with Gasteiger partial charge in [-0.15, -0.1) is 0 Å². The number of nitrogens with zero attached hydrogens (tertiary/aromatic N) is 2. The quantitative estimate of drug-likeness (QED) is 0.800. The number of aliphatic imine (C=N–C) groups is 1. The van der Waals surface area contributed by atoms with E-state index in [1.165, 1.54) is 17.3 Å². The first-order chi connectivity index (χ1) is 11.2. The van der Waals surface area contributed by atoms with Crippen molar-refractivity contribution >= 4 is 39.5 Å². The summed E-state index contributed by atoms with van der Waals surface area (Å²) in [6, 6.07) is 12.0. The van der Waals surface area contributed by atoms with Gasteiger partial charge in [0.15, 0.2) is 5.09 Å². The Balaban J connectivity index is 1.43. The van der Waals surface area contributed by atoms with Crippen molar-refractivity contribution in [2.45, 2.75) is 18.1 Å². The van der Waals surface area contributed by atoms with Crippen LogP contribution in [0.25, 0.3) is 0 Å². The number of hydrogen-bond acceptors (Lipinski definition) is 5. The molecule has 0 saturated carbocycles. The molecule has 1 aromatic carbocycles. The number of thioether (sulfide) groups is 2. The fourth-order valence-electron chi connectivity index (χ4n) is 2.54. The zero-order valence-corrected chi connectivity index (χ0v) is 14.0. The summed E-state index contributed by atoms with van der Waals surface area (Å²) in [5.41, 5.74) is 3.12. The predicted molar refractivity (Wildman–Crippen MR) is 94.3 cm³/mol. The average molecular weight is 342 g/mol. The second-order valence-electron chi connectivity index (χ2n) is 5.34. The number of carbonyl (C=O) groups is 1. The van der Waals surface area contributed by atoms with Crippen LogP contribution in [0.1, 0.15) is 11.3 Å². The number of fused-ring (bicyclic) bond motifs is 1. The highest BCUT2D eigenvalue weighted by atomic mass is 32.2. The van der Waals surface area contributed by atoms with Crippen molar-refractivity contribution < 1.29 is 9.21 Å². The number of amides is 1. The highest BCUT2D eigenvalue weighted by molar-refractivity contribution is 8.14. The Morgan fingerprint density at radius 1 is 1.30 bits per heavy atom. The van der Waals surface area contributed by atoms with E-state index in [0.29, 0.717) is 12.3 Å². The molecule has 0 radical (unpaired) electrons. The maximum Gasteiger partial charge on any atom is 0.286 e. The summed E-state index contributed by atoms with van der Waals surface area (Å²) in [6.07, 6.45) is 0.842. The van der Waals surface area contributed by atoms with Gasteiger partial charge in [0.2, 0.25) is 0 Å². The Bertz CT molecular complexity index is 810. The molecule has 1 saturated heterocycles. The molecule has 4 nitrogen and oxygen atoms in total. The number of para-hydroxylation sites is 1. The van der Waals surface area contributed by atoms with Gasteiger partial charge in [-0.2, -0.15) is 0 Å². The third-order valence-corrected chi connectivity index (χ3v) is 5.55. The average Bonchev–Trinajstić information content (AvgIpc) is 3.23. The lowest BCUT2D eigenvalue weighted by molar-refractivity contribution is 0.232. The summed E-state index contributed by atoms with van der Waals surface area (Å²) in [4.78, 5) is 18.1. The van der Waals surface area contributed by atoms with Gasteiger partial charge in [-0.25, -0.2) is 4.99 Å². The monoisotopic (exact) mass is 342 g/mol. The molecular formula is C17H14N2O2S2. The molecule has 4 rings (SSSR count). The molecule has 0 atom stereocenters. The van der Waals surface area contributed by atoms with Crippen LogP contribution in [0.3, 0.4) is 0 Å². The highest BCUT2D eigenvalue weighted by Gasteiger charge is 2.26. The predicted octanol–water partition coefficient (Wildman–Crippen LogP) is 4.84. The third-order valence-electron chi connectivity index (χ3n) is 3.71. The van der Waals surface area contributed by atoms with Crippen LogP contribution in [-0.2, 0) is 13.0 Å². The second kappa shape index (κ2) is 5.94. The van der Waals surface area contributed by atoms with Gasteiger partial charge in [0, 0.05) is 17.9 Å². The lowest BCUT2D eigenvalue weighted by Crippen LogP contribution is -2.19. The summed E-state index contributed by atoms with van der Waals surface area (Å²) in [7, 11) is 0. The van der Waals surface area contributed by atoms with Gasteiger partial charge in [-0.3, -0.25) is 9.69 Å². The molecule has 0 unspecified atom stereocenters. The number of carbonyl (C=O) groups excluding carboxylic acids is 1. The van der Waals surface area contributed by atoms with E-state index in [-0.39, 0.29) is 5.24 Å². The third kappa shape index (κ3) is 2.96. The van der Waals surface area contributed by atoms with Crippen LogP contribution >= 0.6 is 23.5 Å². The van der Waals surface area contributed by atoms with Crippen LogP contribution in [-0.4, -0.2) is 20.9 Å². The van der Waals surface area contributed by atoms with Crippen LogP contribution in [0.15, 0.2) is 63.2 Å². The normalized spacial score (nSPS) is 16.9. The van der Waals surface area contributed by atoms with Gasteiger partial charge < -0.3 is 4.42 Å². The van der Waals surface area contributed by atoms with Gasteiger partial charge in [0.25, 0.3) is 5.24 Å². The molecule has 23 heavy (non-hydrogen) atoms. The number of furan rings is 1. The molecule has 2 aliphatic rings. The Hall–Kier alpha value is -1.92. The molecule has 1 aromatic heterocycles. The molecule has 0 N–H and O–H groups in total.